The second-order valence-electron chi connectivity index (χ2n) is 3.74. The molecule has 88 valence electrons. The molecule has 0 spiro atoms. The van der Waals surface area contributed by atoms with Crippen molar-refractivity contribution in [1.82, 2.24) is 10.2 Å². The number of hydrogen-bond acceptors (Lipinski definition) is 4. The minimum atomic E-state index is 0.763. The molecule has 0 aliphatic heterocycles. The molecule has 0 saturated heterocycles. The maximum atomic E-state index is 5.23. The smallest absolute Gasteiger partial charge is 0.148 e. The Kier molecular flexibility index (Phi) is 3.23. The highest BCUT2D eigenvalue weighted by Gasteiger charge is 2.04. The predicted molar refractivity (Wildman–Crippen MR) is 68.3 cm³/mol. The van der Waals surface area contributed by atoms with Crippen LogP contribution in [0.15, 0.2) is 30.3 Å². The lowest BCUT2D eigenvalue weighted by Gasteiger charge is -2.07. The summed E-state index contributed by atoms with van der Waals surface area (Å²) in [6.07, 6.45) is 0. The van der Waals surface area contributed by atoms with Gasteiger partial charge in [0.15, 0.2) is 0 Å². The van der Waals surface area contributed by atoms with E-state index in [0.29, 0.717) is 0 Å². The molecule has 0 fully saturated rings. The zero-order valence-corrected chi connectivity index (χ0v) is 10.2. The van der Waals surface area contributed by atoms with Gasteiger partial charge in [-0.1, -0.05) is 0 Å². The fourth-order valence-electron chi connectivity index (χ4n) is 1.66. The third-order valence-corrected chi connectivity index (χ3v) is 2.61. The molecule has 1 aromatic carbocycles. The molecule has 0 radical (unpaired) electrons. The van der Waals surface area contributed by atoms with Crippen molar-refractivity contribution >= 4 is 5.82 Å². The van der Waals surface area contributed by atoms with E-state index in [1.807, 2.05) is 44.3 Å². The zero-order valence-electron chi connectivity index (χ0n) is 10.2. The summed E-state index contributed by atoms with van der Waals surface area (Å²) in [6, 6.07) is 9.82. The van der Waals surface area contributed by atoms with Gasteiger partial charge in [-0.25, -0.2) is 0 Å². The summed E-state index contributed by atoms with van der Waals surface area (Å²) in [7, 11) is 3.49. The van der Waals surface area contributed by atoms with Crippen molar-refractivity contribution < 1.29 is 4.74 Å². The van der Waals surface area contributed by atoms with E-state index in [4.69, 9.17) is 4.74 Å². The SMILES string of the molecule is CNc1ccc(-c2ccc(OC)c(C)c2)nn1. The highest BCUT2D eigenvalue weighted by molar-refractivity contribution is 5.62. The molecule has 0 saturated carbocycles. The highest BCUT2D eigenvalue weighted by atomic mass is 16.5. The lowest BCUT2D eigenvalue weighted by molar-refractivity contribution is 0.412. The Hall–Kier alpha value is -2.10. The number of nitrogens with one attached hydrogen (secondary N) is 1. The van der Waals surface area contributed by atoms with Gasteiger partial charge in [0.25, 0.3) is 0 Å². The number of nitrogens with zero attached hydrogens (tertiary/aromatic N) is 2. The minimum Gasteiger partial charge on any atom is -0.496 e. The Morgan fingerprint density at radius 2 is 1.94 bits per heavy atom. The average Bonchev–Trinajstić information content (AvgIpc) is 2.39. The van der Waals surface area contributed by atoms with Gasteiger partial charge < -0.3 is 10.1 Å². The molecule has 2 rings (SSSR count). The predicted octanol–water partition coefficient (Wildman–Crippen LogP) is 2.50. The quantitative estimate of drug-likeness (QED) is 0.878. The molecule has 0 unspecified atom stereocenters. The summed E-state index contributed by atoms with van der Waals surface area (Å²) in [4.78, 5) is 0. The van der Waals surface area contributed by atoms with Crippen molar-refractivity contribution in [1.29, 1.82) is 0 Å². The maximum absolute atomic E-state index is 5.23. The summed E-state index contributed by atoms with van der Waals surface area (Å²) in [5.74, 6) is 1.65. The summed E-state index contributed by atoms with van der Waals surface area (Å²) < 4.78 is 5.23. The molecule has 0 atom stereocenters. The third-order valence-electron chi connectivity index (χ3n) is 2.61. The van der Waals surface area contributed by atoms with Crippen molar-refractivity contribution in [3.8, 4) is 17.0 Å². The summed E-state index contributed by atoms with van der Waals surface area (Å²) in [5.41, 5.74) is 2.98. The number of anilines is 1. The summed E-state index contributed by atoms with van der Waals surface area (Å²) in [6.45, 7) is 2.01. The highest BCUT2D eigenvalue weighted by Crippen LogP contribution is 2.24. The molecule has 1 heterocycles. The Labute approximate surface area is 101 Å². The van der Waals surface area contributed by atoms with Crippen LogP contribution in [0, 0.1) is 6.92 Å². The Morgan fingerprint density at radius 3 is 2.47 bits per heavy atom. The molecule has 0 aliphatic carbocycles. The van der Waals surface area contributed by atoms with Crippen molar-refractivity contribution in [3.63, 3.8) is 0 Å². The van der Waals surface area contributed by atoms with Crippen LogP contribution < -0.4 is 10.1 Å². The lowest BCUT2D eigenvalue weighted by atomic mass is 10.1. The fourth-order valence-corrected chi connectivity index (χ4v) is 1.66. The van der Waals surface area contributed by atoms with Crippen molar-refractivity contribution in [3.05, 3.63) is 35.9 Å². The second-order valence-corrected chi connectivity index (χ2v) is 3.74. The number of ether oxygens (including phenoxy) is 1. The Morgan fingerprint density at radius 1 is 1.12 bits per heavy atom. The Bertz CT molecular complexity index is 509. The first-order valence-electron chi connectivity index (χ1n) is 5.41. The normalized spacial score (nSPS) is 10.1. The van der Waals surface area contributed by atoms with Crippen molar-refractivity contribution in [2.75, 3.05) is 19.5 Å². The van der Waals surface area contributed by atoms with Crippen LogP contribution in [0.5, 0.6) is 5.75 Å². The van der Waals surface area contributed by atoms with Gasteiger partial charge in [-0.05, 0) is 42.8 Å². The third kappa shape index (κ3) is 2.36. The van der Waals surface area contributed by atoms with E-state index in [0.717, 1.165) is 28.4 Å². The molecule has 0 aliphatic rings. The molecular formula is C13H15N3O. The summed E-state index contributed by atoms with van der Waals surface area (Å²) in [5, 5.41) is 11.2. The first kappa shape index (κ1) is 11.4. The van der Waals surface area contributed by atoms with E-state index in [1.54, 1.807) is 7.11 Å². The Balaban J connectivity index is 2.35. The van der Waals surface area contributed by atoms with Crippen molar-refractivity contribution in [2.45, 2.75) is 6.92 Å². The van der Waals surface area contributed by atoms with Crippen LogP contribution in [0.3, 0.4) is 0 Å². The maximum Gasteiger partial charge on any atom is 0.148 e. The van der Waals surface area contributed by atoms with Gasteiger partial charge in [-0.15, -0.1) is 10.2 Å². The standard InChI is InChI=1S/C13H15N3O/c1-9-8-10(4-6-12(9)17-3)11-5-7-13(14-2)16-15-11/h4-8H,1-3H3,(H,14,16). The number of aryl methyl sites for hydroxylation is 1. The van der Waals surface area contributed by atoms with Crippen LogP contribution >= 0.6 is 0 Å². The van der Waals surface area contributed by atoms with Crippen LogP contribution in [0.4, 0.5) is 5.82 Å². The van der Waals surface area contributed by atoms with Crippen LogP contribution in [0.2, 0.25) is 0 Å². The second kappa shape index (κ2) is 4.82. The number of rotatable bonds is 3. The summed E-state index contributed by atoms with van der Waals surface area (Å²) >= 11 is 0. The number of benzene rings is 1. The topological polar surface area (TPSA) is 47.0 Å². The molecular weight excluding hydrogens is 214 g/mol. The number of aromatic nitrogens is 2. The van der Waals surface area contributed by atoms with Gasteiger partial charge in [0.2, 0.25) is 0 Å². The fraction of sp³-hybridized carbons (Fsp3) is 0.231. The van der Waals surface area contributed by atoms with Crippen molar-refractivity contribution in [2.24, 2.45) is 0 Å². The van der Waals surface area contributed by atoms with Gasteiger partial charge in [0.05, 0.1) is 12.8 Å². The van der Waals surface area contributed by atoms with Gasteiger partial charge in [-0.3, -0.25) is 0 Å². The first-order valence-corrected chi connectivity index (χ1v) is 5.41. The minimum absolute atomic E-state index is 0.763. The van der Waals surface area contributed by atoms with E-state index in [-0.39, 0.29) is 0 Å². The molecule has 0 amide bonds. The molecule has 4 heteroatoms. The van der Waals surface area contributed by atoms with E-state index in [1.165, 1.54) is 0 Å². The molecule has 4 nitrogen and oxygen atoms in total. The average molecular weight is 229 g/mol. The van der Waals surface area contributed by atoms with Gasteiger partial charge in [-0.2, -0.15) is 0 Å². The number of hydrogen-bond donors (Lipinski definition) is 1. The lowest BCUT2D eigenvalue weighted by Crippen LogP contribution is -1.95. The van der Waals surface area contributed by atoms with E-state index < -0.39 is 0 Å². The van der Waals surface area contributed by atoms with E-state index in [2.05, 4.69) is 15.5 Å². The van der Waals surface area contributed by atoms with Gasteiger partial charge in [0.1, 0.15) is 11.6 Å². The zero-order chi connectivity index (χ0) is 12.3. The monoisotopic (exact) mass is 229 g/mol. The van der Waals surface area contributed by atoms with E-state index in [9.17, 15) is 0 Å². The van der Waals surface area contributed by atoms with Crippen LogP contribution in [-0.2, 0) is 0 Å². The molecule has 1 aromatic heterocycles. The van der Waals surface area contributed by atoms with Crippen LogP contribution in [-0.4, -0.2) is 24.4 Å². The molecule has 1 N–H and O–H groups in total. The molecule has 0 bridgehead atoms. The largest absolute Gasteiger partial charge is 0.496 e. The molecule has 17 heavy (non-hydrogen) atoms. The molecule has 2 aromatic rings. The van der Waals surface area contributed by atoms with Crippen LogP contribution in [0.25, 0.3) is 11.3 Å². The number of methoxy groups -OCH3 is 1. The van der Waals surface area contributed by atoms with Crippen LogP contribution in [0.1, 0.15) is 5.56 Å². The first-order chi connectivity index (χ1) is 8.24. The van der Waals surface area contributed by atoms with Gasteiger partial charge >= 0.3 is 0 Å². The van der Waals surface area contributed by atoms with E-state index >= 15 is 0 Å². The van der Waals surface area contributed by atoms with Gasteiger partial charge in [0, 0.05) is 12.6 Å².